The molecule has 0 radical (unpaired) electrons. The van der Waals surface area contributed by atoms with E-state index in [1.807, 2.05) is 60.9 Å². The highest BCUT2D eigenvalue weighted by Crippen LogP contribution is 2.32. The molecule has 3 aromatic rings. The molecule has 0 saturated carbocycles. The minimum atomic E-state index is -0.121. The Labute approximate surface area is 158 Å². The van der Waals surface area contributed by atoms with Crippen molar-refractivity contribution < 1.29 is 14.3 Å². The van der Waals surface area contributed by atoms with E-state index in [1.54, 1.807) is 7.11 Å². The summed E-state index contributed by atoms with van der Waals surface area (Å²) in [5.41, 5.74) is 3.56. The van der Waals surface area contributed by atoms with E-state index in [4.69, 9.17) is 14.7 Å². The highest BCUT2D eigenvalue weighted by atomic mass is 16.5. The maximum atomic E-state index is 12.9. The number of methoxy groups -OCH3 is 1. The van der Waals surface area contributed by atoms with Crippen LogP contribution in [-0.2, 0) is 6.54 Å². The monoisotopic (exact) mass is 362 g/mol. The summed E-state index contributed by atoms with van der Waals surface area (Å²) in [4.78, 5) is 12.9. The molecule has 1 heterocycles. The molecular weight excluding hydrogens is 340 g/mol. The summed E-state index contributed by atoms with van der Waals surface area (Å²) in [7, 11) is 1.63. The second-order valence-electron chi connectivity index (χ2n) is 6.38. The first kappa shape index (κ1) is 18.5. The minimum Gasteiger partial charge on any atom is -0.496 e. The van der Waals surface area contributed by atoms with Gasteiger partial charge in [0.25, 0.3) is 0 Å². The summed E-state index contributed by atoms with van der Waals surface area (Å²) in [5, 5.41) is 10.0. The zero-order valence-corrected chi connectivity index (χ0v) is 15.8. The fraction of sp³-hybridized carbons (Fsp3) is 0.273. The Hall–Kier alpha value is -3.26. The molecule has 0 atom stereocenters. The summed E-state index contributed by atoms with van der Waals surface area (Å²) in [6.07, 6.45) is 0.318. The van der Waals surface area contributed by atoms with Crippen LogP contribution in [0.2, 0.25) is 0 Å². The van der Waals surface area contributed by atoms with Gasteiger partial charge in [-0.25, -0.2) is 0 Å². The second kappa shape index (κ2) is 7.96. The van der Waals surface area contributed by atoms with Crippen LogP contribution in [0.25, 0.3) is 10.9 Å². The Morgan fingerprint density at radius 1 is 1.15 bits per heavy atom. The standard InChI is InChI=1S/C22H22N2O3/c1-15-16(2)22(26-3)13-19-18(15)12-20(24(19)11-7-10-23)21(25)14-27-17-8-5-4-6-9-17/h4-6,8-9,12-13H,7,11,14H2,1-3H3. The summed E-state index contributed by atoms with van der Waals surface area (Å²) < 4.78 is 13.0. The average molecular weight is 362 g/mol. The first-order valence-corrected chi connectivity index (χ1v) is 8.82. The highest BCUT2D eigenvalue weighted by Gasteiger charge is 2.19. The van der Waals surface area contributed by atoms with Crippen LogP contribution in [0.4, 0.5) is 0 Å². The lowest BCUT2D eigenvalue weighted by Gasteiger charge is -2.12. The molecule has 138 valence electrons. The highest BCUT2D eigenvalue weighted by molar-refractivity contribution is 6.02. The predicted octanol–water partition coefficient (Wildman–Crippen LogP) is 4.44. The topological polar surface area (TPSA) is 64.2 Å². The van der Waals surface area contributed by atoms with Crippen molar-refractivity contribution in [3.63, 3.8) is 0 Å². The van der Waals surface area contributed by atoms with Crippen LogP contribution in [0.5, 0.6) is 11.5 Å². The van der Waals surface area contributed by atoms with Gasteiger partial charge in [0, 0.05) is 18.0 Å². The van der Waals surface area contributed by atoms with Crippen LogP contribution in [0, 0.1) is 25.2 Å². The number of para-hydroxylation sites is 1. The zero-order valence-electron chi connectivity index (χ0n) is 15.8. The number of hydrogen-bond donors (Lipinski definition) is 0. The van der Waals surface area contributed by atoms with Gasteiger partial charge in [0.15, 0.2) is 6.61 Å². The number of ketones is 1. The second-order valence-corrected chi connectivity index (χ2v) is 6.38. The number of benzene rings is 2. The van der Waals surface area contributed by atoms with Gasteiger partial charge in [-0.05, 0) is 43.2 Å². The third-order valence-electron chi connectivity index (χ3n) is 4.81. The molecule has 0 amide bonds. The molecular formula is C22H22N2O3. The van der Waals surface area contributed by atoms with Gasteiger partial charge in [-0.15, -0.1) is 0 Å². The van der Waals surface area contributed by atoms with Gasteiger partial charge in [0.2, 0.25) is 5.78 Å². The van der Waals surface area contributed by atoms with E-state index in [0.717, 1.165) is 27.8 Å². The number of nitriles is 1. The minimum absolute atomic E-state index is 0.0535. The molecule has 0 bridgehead atoms. The molecule has 0 saturated heterocycles. The lowest BCUT2D eigenvalue weighted by atomic mass is 10.0. The molecule has 0 unspecified atom stereocenters. The van der Waals surface area contributed by atoms with Gasteiger partial charge in [-0.3, -0.25) is 4.79 Å². The Morgan fingerprint density at radius 3 is 2.56 bits per heavy atom. The van der Waals surface area contributed by atoms with Gasteiger partial charge in [-0.1, -0.05) is 18.2 Å². The van der Waals surface area contributed by atoms with Gasteiger partial charge >= 0.3 is 0 Å². The van der Waals surface area contributed by atoms with Crippen molar-refractivity contribution in [2.24, 2.45) is 0 Å². The van der Waals surface area contributed by atoms with Crippen molar-refractivity contribution in [2.45, 2.75) is 26.8 Å². The van der Waals surface area contributed by atoms with E-state index in [9.17, 15) is 4.79 Å². The Kier molecular flexibility index (Phi) is 5.46. The number of carbonyl (C=O) groups is 1. The van der Waals surface area contributed by atoms with E-state index in [0.29, 0.717) is 24.4 Å². The van der Waals surface area contributed by atoms with Crippen LogP contribution in [0.3, 0.4) is 0 Å². The molecule has 5 heteroatoms. The molecule has 3 rings (SSSR count). The van der Waals surface area contributed by atoms with Crippen LogP contribution >= 0.6 is 0 Å². The maximum Gasteiger partial charge on any atom is 0.216 e. The van der Waals surface area contributed by atoms with Crippen molar-refractivity contribution in [1.29, 1.82) is 5.26 Å². The van der Waals surface area contributed by atoms with E-state index in [2.05, 4.69) is 6.07 Å². The number of hydrogen-bond acceptors (Lipinski definition) is 4. The number of rotatable bonds is 7. The van der Waals surface area contributed by atoms with Crippen molar-refractivity contribution in [2.75, 3.05) is 13.7 Å². The van der Waals surface area contributed by atoms with E-state index < -0.39 is 0 Å². The third kappa shape index (κ3) is 3.65. The van der Waals surface area contributed by atoms with E-state index in [-0.39, 0.29) is 12.4 Å². The lowest BCUT2D eigenvalue weighted by Crippen LogP contribution is -2.16. The molecule has 0 N–H and O–H groups in total. The molecule has 0 aliphatic rings. The van der Waals surface area contributed by atoms with Crippen LogP contribution in [0.15, 0.2) is 42.5 Å². The summed E-state index contributed by atoms with van der Waals surface area (Å²) >= 11 is 0. The molecule has 0 spiro atoms. The van der Waals surface area contributed by atoms with Crippen molar-refractivity contribution in [3.05, 3.63) is 59.3 Å². The summed E-state index contributed by atoms with van der Waals surface area (Å²) in [6, 6.07) is 15.2. The SMILES string of the molecule is COc1cc2c(cc(C(=O)COc3ccccc3)n2CCC#N)c(C)c1C. The van der Waals surface area contributed by atoms with Crippen molar-refractivity contribution in [3.8, 4) is 17.6 Å². The molecule has 5 nitrogen and oxygen atoms in total. The number of nitrogens with zero attached hydrogens (tertiary/aromatic N) is 2. The fourth-order valence-electron chi connectivity index (χ4n) is 3.22. The normalized spacial score (nSPS) is 10.6. The number of carbonyl (C=O) groups excluding carboxylic acids is 1. The Morgan fingerprint density at radius 2 is 1.89 bits per heavy atom. The van der Waals surface area contributed by atoms with Gasteiger partial charge in [0.05, 0.1) is 30.8 Å². The first-order chi connectivity index (χ1) is 13.1. The van der Waals surface area contributed by atoms with E-state index >= 15 is 0 Å². The zero-order chi connectivity index (χ0) is 19.4. The molecule has 1 aromatic heterocycles. The summed E-state index contributed by atoms with van der Waals surface area (Å²) in [5.74, 6) is 1.30. The Balaban J connectivity index is 2.01. The Bertz CT molecular complexity index is 1010. The average Bonchev–Trinajstić information content (AvgIpc) is 3.06. The largest absolute Gasteiger partial charge is 0.496 e. The molecule has 27 heavy (non-hydrogen) atoms. The van der Waals surface area contributed by atoms with Crippen LogP contribution in [-0.4, -0.2) is 24.1 Å². The van der Waals surface area contributed by atoms with Crippen molar-refractivity contribution >= 4 is 16.7 Å². The third-order valence-corrected chi connectivity index (χ3v) is 4.81. The van der Waals surface area contributed by atoms with Crippen LogP contribution < -0.4 is 9.47 Å². The predicted molar refractivity (Wildman–Crippen MR) is 104 cm³/mol. The lowest BCUT2D eigenvalue weighted by molar-refractivity contribution is 0.0912. The quantitative estimate of drug-likeness (QED) is 0.583. The first-order valence-electron chi connectivity index (χ1n) is 8.82. The number of fused-ring (bicyclic) bond motifs is 1. The molecule has 0 fully saturated rings. The molecule has 0 aliphatic heterocycles. The maximum absolute atomic E-state index is 12.9. The van der Waals surface area contributed by atoms with Gasteiger partial charge in [-0.2, -0.15) is 5.26 Å². The number of aryl methyl sites for hydroxylation is 2. The number of Topliss-reactive ketones (excluding diaryl/α,β-unsaturated/α-hetero) is 1. The smallest absolute Gasteiger partial charge is 0.216 e. The molecule has 0 aliphatic carbocycles. The van der Waals surface area contributed by atoms with Crippen molar-refractivity contribution in [1.82, 2.24) is 4.57 Å². The number of aromatic nitrogens is 1. The summed E-state index contributed by atoms with van der Waals surface area (Å²) in [6.45, 7) is 4.41. The molecule has 2 aromatic carbocycles. The van der Waals surface area contributed by atoms with Gasteiger partial charge in [0.1, 0.15) is 11.5 Å². The number of ether oxygens (including phenoxy) is 2. The fourth-order valence-corrected chi connectivity index (χ4v) is 3.22. The van der Waals surface area contributed by atoms with E-state index in [1.165, 1.54) is 0 Å². The van der Waals surface area contributed by atoms with Crippen LogP contribution in [0.1, 0.15) is 28.0 Å². The van der Waals surface area contributed by atoms with Gasteiger partial charge < -0.3 is 14.0 Å².